The Morgan fingerprint density at radius 1 is 0.833 bits per heavy atom. The van der Waals surface area contributed by atoms with Crippen molar-refractivity contribution in [2.24, 2.45) is 0 Å². The van der Waals surface area contributed by atoms with Crippen LogP contribution in [0.2, 0.25) is 0 Å². The van der Waals surface area contributed by atoms with Crippen LogP contribution >= 0.6 is 0 Å². The molecule has 0 atom stereocenters. The first kappa shape index (κ1) is 27.6. The van der Waals surface area contributed by atoms with Gasteiger partial charge in [-0.25, -0.2) is 18.0 Å². The first-order chi connectivity index (χ1) is 20.4. The van der Waals surface area contributed by atoms with E-state index < -0.39 is 22.0 Å². The van der Waals surface area contributed by atoms with Crippen LogP contribution in [0, 0.1) is 0 Å². The molecule has 42 heavy (non-hydrogen) atoms. The van der Waals surface area contributed by atoms with Crippen LogP contribution in [0.5, 0.6) is 5.75 Å². The van der Waals surface area contributed by atoms with Gasteiger partial charge in [0.1, 0.15) is 22.7 Å². The lowest BCUT2D eigenvalue weighted by molar-refractivity contribution is 0.0528. The van der Waals surface area contributed by atoms with E-state index in [-0.39, 0.29) is 41.5 Å². The molecule has 0 unspecified atom stereocenters. The molecule has 1 fully saturated rings. The zero-order valence-corrected chi connectivity index (χ0v) is 23.6. The van der Waals surface area contributed by atoms with Gasteiger partial charge >= 0.3 is 11.9 Å². The van der Waals surface area contributed by atoms with E-state index in [1.807, 2.05) is 48.5 Å². The van der Waals surface area contributed by atoms with E-state index in [1.165, 1.54) is 28.6 Å². The lowest BCUT2D eigenvalue weighted by atomic mass is 10.0. The summed E-state index contributed by atoms with van der Waals surface area (Å²) in [6.07, 6.45) is 0. The molecule has 6 rings (SSSR count). The Balaban J connectivity index is 1.40. The second-order valence-corrected chi connectivity index (χ2v) is 11.6. The Bertz CT molecular complexity index is 1890. The number of esters is 2. The lowest BCUT2D eigenvalue weighted by Gasteiger charge is -2.26. The van der Waals surface area contributed by atoms with Gasteiger partial charge in [-0.3, -0.25) is 0 Å². The quantitative estimate of drug-likeness (QED) is 0.177. The molecule has 10 heteroatoms. The van der Waals surface area contributed by atoms with Crippen molar-refractivity contribution in [1.29, 1.82) is 0 Å². The number of hydrogen-bond acceptors (Lipinski definition) is 8. The van der Waals surface area contributed by atoms with Gasteiger partial charge in [0.2, 0.25) is 10.0 Å². The molecule has 0 saturated carbocycles. The predicted molar refractivity (Wildman–Crippen MR) is 156 cm³/mol. The highest BCUT2D eigenvalue weighted by Gasteiger charge is 2.28. The Morgan fingerprint density at radius 2 is 1.50 bits per heavy atom. The summed E-state index contributed by atoms with van der Waals surface area (Å²) in [7, 11) is -3.71. The highest BCUT2D eigenvalue weighted by molar-refractivity contribution is 7.89. The van der Waals surface area contributed by atoms with Crippen molar-refractivity contribution in [1.82, 2.24) is 4.31 Å². The van der Waals surface area contributed by atoms with Crippen LogP contribution in [0.15, 0.2) is 94.2 Å². The van der Waals surface area contributed by atoms with Crippen molar-refractivity contribution in [3.8, 4) is 17.1 Å². The summed E-state index contributed by atoms with van der Waals surface area (Å²) in [4.78, 5) is 26.6. The van der Waals surface area contributed by atoms with Crippen molar-refractivity contribution >= 4 is 43.7 Å². The van der Waals surface area contributed by atoms with Crippen molar-refractivity contribution in [3.05, 3.63) is 96.1 Å². The summed E-state index contributed by atoms with van der Waals surface area (Å²) in [6, 6.07) is 23.7. The summed E-state index contributed by atoms with van der Waals surface area (Å²) >= 11 is 0. The van der Waals surface area contributed by atoms with E-state index in [0.29, 0.717) is 46.3 Å². The Kier molecular flexibility index (Phi) is 7.51. The third kappa shape index (κ3) is 5.04. The topological polar surface area (TPSA) is 112 Å². The van der Waals surface area contributed by atoms with Gasteiger partial charge in [-0.05, 0) is 37.3 Å². The van der Waals surface area contributed by atoms with Crippen molar-refractivity contribution in [2.75, 3.05) is 32.9 Å². The molecule has 0 N–H and O–H groups in total. The smallest absolute Gasteiger partial charge is 0.343 e. The minimum atomic E-state index is -3.71. The molecule has 1 saturated heterocycles. The number of rotatable bonds is 7. The fraction of sp³-hybridized carbons (Fsp3) is 0.188. The van der Waals surface area contributed by atoms with Gasteiger partial charge in [-0.2, -0.15) is 4.31 Å². The summed E-state index contributed by atoms with van der Waals surface area (Å²) in [6.45, 7) is 3.12. The number of morpholine rings is 1. The molecular formula is C32H27NO8S. The first-order valence-electron chi connectivity index (χ1n) is 13.5. The maximum Gasteiger partial charge on any atom is 0.343 e. The van der Waals surface area contributed by atoms with Crippen LogP contribution in [0.3, 0.4) is 0 Å². The third-order valence-electron chi connectivity index (χ3n) is 7.07. The number of fused-ring (bicyclic) bond motifs is 3. The third-order valence-corrected chi connectivity index (χ3v) is 8.99. The molecule has 4 aromatic carbocycles. The summed E-state index contributed by atoms with van der Waals surface area (Å²) in [5.41, 5.74) is 1.57. The predicted octanol–water partition coefficient (Wildman–Crippen LogP) is 5.67. The van der Waals surface area contributed by atoms with Gasteiger partial charge in [0.05, 0.1) is 30.3 Å². The monoisotopic (exact) mass is 585 g/mol. The molecule has 1 aliphatic rings. The number of hydrogen-bond donors (Lipinski definition) is 0. The molecular weight excluding hydrogens is 558 g/mol. The zero-order chi connectivity index (χ0) is 29.3. The summed E-state index contributed by atoms with van der Waals surface area (Å²) < 4.78 is 50.1. The number of ether oxygens (including phenoxy) is 3. The van der Waals surface area contributed by atoms with E-state index in [4.69, 9.17) is 18.6 Å². The van der Waals surface area contributed by atoms with Gasteiger partial charge < -0.3 is 18.6 Å². The van der Waals surface area contributed by atoms with Gasteiger partial charge in [-0.1, -0.05) is 54.6 Å². The van der Waals surface area contributed by atoms with Crippen LogP contribution in [0.1, 0.15) is 27.6 Å². The zero-order valence-electron chi connectivity index (χ0n) is 22.7. The Labute approximate surface area is 242 Å². The highest BCUT2D eigenvalue weighted by Crippen LogP contribution is 2.41. The second kappa shape index (κ2) is 11.4. The van der Waals surface area contributed by atoms with E-state index in [2.05, 4.69) is 0 Å². The molecule has 1 aromatic heterocycles. The van der Waals surface area contributed by atoms with Gasteiger partial charge in [-0.15, -0.1) is 0 Å². The normalized spacial score (nSPS) is 14.2. The van der Waals surface area contributed by atoms with E-state index in [1.54, 1.807) is 19.1 Å². The molecule has 9 nitrogen and oxygen atoms in total. The number of carbonyl (C=O) groups is 2. The average molecular weight is 586 g/mol. The molecule has 0 spiro atoms. The van der Waals surface area contributed by atoms with E-state index in [9.17, 15) is 18.0 Å². The SMILES string of the molecule is CCOC(=O)c1c(-c2ccccc2)oc2c1cc(OC(=O)c1ccc(S(=O)(=O)N3CCOCC3)cc1)c1ccccc12. The number of benzene rings is 4. The van der Waals surface area contributed by atoms with Crippen molar-refractivity contribution < 1.29 is 36.6 Å². The maximum atomic E-state index is 13.3. The van der Waals surface area contributed by atoms with Gasteiger partial charge in [0, 0.05) is 34.8 Å². The van der Waals surface area contributed by atoms with Crippen LogP contribution in [0.4, 0.5) is 0 Å². The number of nitrogens with zero attached hydrogens (tertiary/aromatic N) is 1. The molecule has 0 aliphatic carbocycles. The van der Waals surface area contributed by atoms with Crippen molar-refractivity contribution in [2.45, 2.75) is 11.8 Å². The number of carbonyl (C=O) groups excluding carboxylic acids is 2. The van der Waals surface area contributed by atoms with Gasteiger partial charge in [0.25, 0.3) is 0 Å². The fourth-order valence-corrected chi connectivity index (χ4v) is 6.44. The number of sulfonamides is 1. The van der Waals surface area contributed by atoms with Crippen LogP contribution < -0.4 is 4.74 Å². The largest absolute Gasteiger partial charge is 0.462 e. The summed E-state index contributed by atoms with van der Waals surface area (Å²) in [5.74, 6) is -0.659. The average Bonchev–Trinajstić information content (AvgIpc) is 3.42. The lowest BCUT2D eigenvalue weighted by Crippen LogP contribution is -2.40. The standard InChI is InChI=1S/C32H27NO8S/c1-2-39-32(35)28-26-20-27(24-10-6-7-11-25(24)30(26)41-29(28)21-8-4-3-5-9-21)40-31(34)22-12-14-23(15-13-22)42(36,37)33-16-18-38-19-17-33/h3-15,20H,2,16-19H2,1H3. The molecule has 0 radical (unpaired) electrons. The summed E-state index contributed by atoms with van der Waals surface area (Å²) in [5, 5.41) is 1.70. The first-order valence-corrected chi connectivity index (χ1v) is 14.9. The fourth-order valence-electron chi connectivity index (χ4n) is 5.03. The van der Waals surface area contributed by atoms with Crippen molar-refractivity contribution in [3.63, 3.8) is 0 Å². The minimum absolute atomic E-state index is 0.0822. The minimum Gasteiger partial charge on any atom is -0.462 e. The molecule has 2 heterocycles. The number of furan rings is 1. The highest BCUT2D eigenvalue weighted by atomic mass is 32.2. The Morgan fingerprint density at radius 3 is 2.19 bits per heavy atom. The van der Waals surface area contributed by atoms with E-state index in [0.717, 1.165) is 0 Å². The maximum absolute atomic E-state index is 13.3. The second-order valence-electron chi connectivity index (χ2n) is 9.62. The molecule has 1 aliphatic heterocycles. The molecule has 214 valence electrons. The van der Waals surface area contributed by atoms with Crippen LogP contribution in [0.25, 0.3) is 33.1 Å². The molecule has 0 bridgehead atoms. The van der Waals surface area contributed by atoms with Crippen LogP contribution in [-0.4, -0.2) is 57.6 Å². The van der Waals surface area contributed by atoms with Crippen LogP contribution in [-0.2, 0) is 19.5 Å². The van der Waals surface area contributed by atoms with E-state index >= 15 is 0 Å². The molecule has 0 amide bonds. The van der Waals surface area contributed by atoms with Gasteiger partial charge in [0.15, 0.2) is 0 Å². The molecule has 5 aromatic rings. The Hall–Kier alpha value is -4.51.